The maximum atomic E-state index is 11.3. The van der Waals surface area contributed by atoms with Gasteiger partial charge < -0.3 is 14.4 Å². The number of hydrogen-bond donors (Lipinski definition) is 1. The number of hydrogen-bond acceptors (Lipinski definition) is 3. The molecule has 6 heteroatoms. The topological polar surface area (TPSA) is 64.3 Å². The van der Waals surface area contributed by atoms with Gasteiger partial charge in [0.05, 0.1) is 29.7 Å². The van der Waals surface area contributed by atoms with Crippen LogP contribution in [0.5, 0.6) is 5.75 Å². The minimum atomic E-state index is -0.950. The van der Waals surface area contributed by atoms with Gasteiger partial charge in [0.2, 0.25) is 0 Å². The van der Waals surface area contributed by atoms with E-state index >= 15 is 0 Å². The van der Waals surface area contributed by atoms with E-state index in [1.807, 2.05) is 29.7 Å². The Kier molecular flexibility index (Phi) is 5.27. The van der Waals surface area contributed by atoms with Gasteiger partial charge in [0.25, 0.3) is 0 Å². The van der Waals surface area contributed by atoms with Crippen molar-refractivity contribution in [3.63, 3.8) is 0 Å². The summed E-state index contributed by atoms with van der Waals surface area (Å²) in [7, 11) is 0. The van der Waals surface area contributed by atoms with Crippen LogP contribution in [0.2, 0.25) is 5.02 Å². The van der Waals surface area contributed by atoms with Crippen LogP contribution in [0.15, 0.2) is 36.4 Å². The van der Waals surface area contributed by atoms with E-state index in [-0.39, 0.29) is 5.56 Å². The Morgan fingerprint density at radius 3 is 2.75 bits per heavy atom. The van der Waals surface area contributed by atoms with Crippen molar-refractivity contribution in [2.45, 2.75) is 39.2 Å². The minimum absolute atomic E-state index is 0.246. The Labute approximate surface area is 168 Å². The number of aryl methyl sites for hydroxylation is 1. The third-order valence-electron chi connectivity index (χ3n) is 5.50. The number of imidazole rings is 1. The first-order valence-electron chi connectivity index (χ1n) is 9.62. The van der Waals surface area contributed by atoms with Gasteiger partial charge in [-0.05, 0) is 61.6 Å². The SMILES string of the molecule is Cc1nc2ccc(C(=O)O)cc2n1Cc1ccc(OCC2CCCC2)cc1Cl. The average Bonchev–Trinajstić information content (AvgIpc) is 3.29. The molecule has 0 radical (unpaired) electrons. The number of fused-ring (bicyclic) bond motifs is 1. The van der Waals surface area contributed by atoms with Gasteiger partial charge in [0.15, 0.2) is 0 Å². The second-order valence-electron chi connectivity index (χ2n) is 7.47. The molecular formula is C22H23ClN2O3. The predicted octanol–water partition coefficient (Wildman–Crippen LogP) is 5.31. The summed E-state index contributed by atoms with van der Waals surface area (Å²) >= 11 is 6.52. The number of ether oxygens (including phenoxy) is 1. The molecule has 1 saturated carbocycles. The third kappa shape index (κ3) is 3.85. The molecule has 0 bridgehead atoms. The molecule has 0 amide bonds. The lowest BCUT2D eigenvalue weighted by molar-refractivity contribution is 0.0697. The number of rotatable bonds is 6. The number of benzene rings is 2. The fraction of sp³-hybridized carbons (Fsp3) is 0.364. The number of halogens is 1. The largest absolute Gasteiger partial charge is 0.493 e. The fourth-order valence-electron chi connectivity index (χ4n) is 3.88. The van der Waals surface area contributed by atoms with Gasteiger partial charge in [0, 0.05) is 5.02 Å². The Hall–Kier alpha value is -2.53. The van der Waals surface area contributed by atoms with Crippen LogP contribution in [-0.2, 0) is 6.54 Å². The van der Waals surface area contributed by atoms with E-state index in [1.54, 1.807) is 18.2 Å². The molecule has 0 spiro atoms. The molecule has 146 valence electrons. The van der Waals surface area contributed by atoms with Crippen molar-refractivity contribution in [3.8, 4) is 5.75 Å². The average molecular weight is 399 g/mol. The van der Waals surface area contributed by atoms with Gasteiger partial charge in [-0.1, -0.05) is 30.5 Å². The van der Waals surface area contributed by atoms with Gasteiger partial charge >= 0.3 is 5.97 Å². The summed E-state index contributed by atoms with van der Waals surface area (Å²) in [5.41, 5.74) is 2.75. The van der Waals surface area contributed by atoms with Crippen LogP contribution in [0.25, 0.3) is 11.0 Å². The molecule has 1 aromatic heterocycles. The molecule has 0 saturated heterocycles. The summed E-state index contributed by atoms with van der Waals surface area (Å²) in [5.74, 6) is 1.31. The smallest absolute Gasteiger partial charge is 0.335 e. The van der Waals surface area contributed by atoms with E-state index in [4.69, 9.17) is 16.3 Å². The Bertz CT molecular complexity index is 1020. The van der Waals surface area contributed by atoms with Gasteiger partial charge in [-0.15, -0.1) is 0 Å². The number of aromatic nitrogens is 2. The van der Waals surface area contributed by atoms with Crippen molar-refractivity contribution in [2.75, 3.05) is 6.61 Å². The number of carboxylic acid groups (broad SMARTS) is 1. The van der Waals surface area contributed by atoms with Crippen molar-refractivity contribution in [1.82, 2.24) is 9.55 Å². The van der Waals surface area contributed by atoms with Crippen LogP contribution in [0.1, 0.15) is 47.4 Å². The second-order valence-corrected chi connectivity index (χ2v) is 7.88. The molecule has 0 atom stereocenters. The monoisotopic (exact) mass is 398 g/mol. The van der Waals surface area contributed by atoms with Crippen molar-refractivity contribution in [1.29, 1.82) is 0 Å². The van der Waals surface area contributed by atoms with Gasteiger partial charge in [0.1, 0.15) is 11.6 Å². The number of carbonyl (C=O) groups is 1. The highest BCUT2D eigenvalue weighted by atomic mass is 35.5. The maximum absolute atomic E-state index is 11.3. The Morgan fingerprint density at radius 1 is 1.25 bits per heavy atom. The molecule has 1 aliphatic rings. The van der Waals surface area contributed by atoms with Gasteiger partial charge in [-0.25, -0.2) is 9.78 Å². The third-order valence-corrected chi connectivity index (χ3v) is 5.85. The highest BCUT2D eigenvalue weighted by Crippen LogP contribution is 2.28. The van der Waals surface area contributed by atoms with Crippen LogP contribution >= 0.6 is 11.6 Å². The minimum Gasteiger partial charge on any atom is -0.493 e. The van der Waals surface area contributed by atoms with E-state index in [2.05, 4.69) is 4.98 Å². The molecule has 1 N–H and O–H groups in total. The van der Waals surface area contributed by atoms with Crippen molar-refractivity contribution >= 4 is 28.6 Å². The lowest BCUT2D eigenvalue weighted by atomic mass is 10.1. The Morgan fingerprint density at radius 2 is 2.04 bits per heavy atom. The molecule has 1 heterocycles. The van der Waals surface area contributed by atoms with Crippen LogP contribution < -0.4 is 4.74 Å². The first-order valence-corrected chi connectivity index (χ1v) is 10.0. The fourth-order valence-corrected chi connectivity index (χ4v) is 4.11. The first kappa shape index (κ1) is 18.8. The van der Waals surface area contributed by atoms with E-state index < -0.39 is 5.97 Å². The lowest BCUT2D eigenvalue weighted by Crippen LogP contribution is -2.08. The normalized spacial score (nSPS) is 14.6. The summed E-state index contributed by atoms with van der Waals surface area (Å²) in [5, 5.41) is 9.91. The highest BCUT2D eigenvalue weighted by Gasteiger charge is 2.16. The quantitative estimate of drug-likeness (QED) is 0.610. The first-order chi connectivity index (χ1) is 13.5. The zero-order valence-corrected chi connectivity index (χ0v) is 16.6. The van der Waals surface area contributed by atoms with E-state index in [1.165, 1.54) is 25.7 Å². The molecule has 0 unspecified atom stereocenters. The summed E-state index contributed by atoms with van der Waals surface area (Å²) in [6.45, 7) is 3.18. The predicted molar refractivity (Wildman–Crippen MR) is 109 cm³/mol. The summed E-state index contributed by atoms with van der Waals surface area (Å²) in [6, 6.07) is 10.8. The van der Waals surface area contributed by atoms with Crippen molar-refractivity contribution in [3.05, 3.63) is 58.4 Å². The number of aromatic carboxylic acids is 1. The molecule has 4 rings (SSSR count). The van der Waals surface area contributed by atoms with Crippen LogP contribution in [-0.4, -0.2) is 27.2 Å². The molecule has 0 aliphatic heterocycles. The van der Waals surface area contributed by atoms with Crippen LogP contribution in [0.3, 0.4) is 0 Å². The highest BCUT2D eigenvalue weighted by molar-refractivity contribution is 6.31. The van der Waals surface area contributed by atoms with Crippen LogP contribution in [0, 0.1) is 12.8 Å². The zero-order chi connectivity index (χ0) is 19.7. The summed E-state index contributed by atoms with van der Waals surface area (Å²) in [6.07, 6.45) is 5.10. The van der Waals surface area contributed by atoms with E-state index in [0.717, 1.165) is 34.8 Å². The number of nitrogens with zero attached hydrogens (tertiary/aromatic N) is 2. The maximum Gasteiger partial charge on any atom is 0.335 e. The molecule has 5 nitrogen and oxygen atoms in total. The van der Waals surface area contributed by atoms with Crippen molar-refractivity contribution < 1.29 is 14.6 Å². The number of carboxylic acids is 1. The Balaban J connectivity index is 1.55. The standard InChI is InChI=1S/C22H23ClN2O3/c1-14-24-20-9-7-16(22(26)27)10-21(20)25(14)12-17-6-8-18(11-19(17)23)28-13-15-4-2-3-5-15/h6-11,15H,2-5,12-13H2,1H3,(H,26,27). The van der Waals surface area contributed by atoms with Gasteiger partial charge in [-0.3, -0.25) is 0 Å². The van der Waals surface area contributed by atoms with E-state index in [9.17, 15) is 9.90 Å². The molecule has 1 aliphatic carbocycles. The van der Waals surface area contributed by atoms with E-state index in [0.29, 0.717) is 17.5 Å². The molecular weight excluding hydrogens is 376 g/mol. The van der Waals surface area contributed by atoms with Crippen molar-refractivity contribution in [2.24, 2.45) is 5.92 Å². The second kappa shape index (κ2) is 7.84. The molecule has 1 fully saturated rings. The summed E-state index contributed by atoms with van der Waals surface area (Å²) < 4.78 is 7.92. The van der Waals surface area contributed by atoms with Crippen LogP contribution in [0.4, 0.5) is 0 Å². The molecule has 2 aromatic carbocycles. The zero-order valence-electron chi connectivity index (χ0n) is 15.8. The summed E-state index contributed by atoms with van der Waals surface area (Å²) in [4.78, 5) is 15.8. The molecule has 28 heavy (non-hydrogen) atoms. The molecule has 3 aromatic rings. The van der Waals surface area contributed by atoms with Gasteiger partial charge in [-0.2, -0.15) is 0 Å². The lowest BCUT2D eigenvalue weighted by Gasteiger charge is -2.14.